The number of hydrogen-bond acceptors (Lipinski definition) is 4. The minimum atomic E-state index is -0.204. The molecule has 0 fully saturated rings. The molecular formula is C49H90BrI4O4-. The van der Waals surface area contributed by atoms with E-state index in [9.17, 15) is 9.59 Å². The van der Waals surface area contributed by atoms with Crippen molar-refractivity contribution in [3.8, 4) is 0 Å². The van der Waals surface area contributed by atoms with E-state index in [1.165, 1.54) is 160 Å². The average Bonchev–Trinajstić information content (AvgIpc) is 3.20. The second kappa shape index (κ2) is 42.9. The molecule has 2 rings (SSSR count). The van der Waals surface area contributed by atoms with Crippen LogP contribution >= 0.6 is 75.8 Å². The van der Waals surface area contributed by atoms with Crippen LogP contribution in [-0.4, -0.2) is 40.1 Å². The summed E-state index contributed by atoms with van der Waals surface area (Å²) in [6, 6.07) is 0. The number of unbranched alkanes of at least 4 members (excludes halogenated alkanes) is 24. The number of ether oxygens (including phenoxy) is 1. The quantitative estimate of drug-likeness (QED) is 0.0427. The zero-order valence-electron chi connectivity index (χ0n) is 38.6. The number of ketones is 2. The molecule has 0 aliphatic heterocycles. The molecule has 0 bridgehead atoms. The van der Waals surface area contributed by atoms with Crippen LogP contribution in [0.2, 0.25) is 0 Å². The van der Waals surface area contributed by atoms with Crippen LogP contribution in [0.15, 0.2) is 22.5 Å². The van der Waals surface area contributed by atoms with Gasteiger partial charge in [0.15, 0.2) is 11.6 Å². The Bertz CT molecular complexity index is 1060. The van der Waals surface area contributed by atoms with Crippen LogP contribution < -0.4 is 13.3 Å². The van der Waals surface area contributed by atoms with Gasteiger partial charge in [0.25, 0.3) is 0 Å². The fourth-order valence-corrected chi connectivity index (χ4v) is 8.60. The van der Waals surface area contributed by atoms with Gasteiger partial charge < -0.3 is 9.84 Å². The van der Waals surface area contributed by atoms with Crippen LogP contribution in [0.1, 0.15) is 241 Å². The third kappa shape index (κ3) is 33.5. The van der Waals surface area contributed by atoms with Gasteiger partial charge >= 0.3 is 50.5 Å². The minimum absolute atomic E-state index is 0.204. The van der Waals surface area contributed by atoms with Gasteiger partial charge in [0, 0.05) is 35.8 Å². The topological polar surface area (TPSA) is 63.6 Å². The molecule has 2 aliphatic carbocycles. The van der Waals surface area contributed by atoms with E-state index in [-0.39, 0.29) is 16.6 Å². The number of alkyl halides is 2. The van der Waals surface area contributed by atoms with Gasteiger partial charge in [-0.25, -0.2) is 0 Å². The molecule has 0 spiro atoms. The van der Waals surface area contributed by atoms with Gasteiger partial charge in [-0.15, -0.1) is 0 Å². The van der Waals surface area contributed by atoms with Crippen molar-refractivity contribution < 1.29 is 32.7 Å². The van der Waals surface area contributed by atoms with Crippen molar-refractivity contribution in [2.45, 2.75) is 241 Å². The third-order valence-electron chi connectivity index (χ3n) is 12.2. The first-order chi connectivity index (χ1) is 27.9. The van der Waals surface area contributed by atoms with Crippen LogP contribution in [-0.2, 0) is 14.3 Å². The molecule has 0 aromatic rings. The van der Waals surface area contributed by atoms with Crippen molar-refractivity contribution in [1.29, 1.82) is 0 Å². The van der Waals surface area contributed by atoms with Crippen molar-refractivity contribution in [3.05, 3.63) is 22.5 Å². The molecular weight excluding hydrogens is 1240 g/mol. The van der Waals surface area contributed by atoms with Crippen LogP contribution in [0, 0.1) is 10.8 Å². The molecule has 2 aliphatic rings. The number of Topliss-reactive ketones (excluding diaryl/α,β-unsaturated/α-hetero) is 2. The Morgan fingerprint density at radius 2 is 0.931 bits per heavy atom. The van der Waals surface area contributed by atoms with Crippen molar-refractivity contribution in [2.75, 3.05) is 23.5 Å². The summed E-state index contributed by atoms with van der Waals surface area (Å²) in [6.07, 6.45) is 39.4. The van der Waals surface area contributed by atoms with Gasteiger partial charge in [-0.05, 0) is 74.7 Å². The van der Waals surface area contributed by atoms with E-state index < -0.39 is 0 Å². The van der Waals surface area contributed by atoms with E-state index in [0.29, 0.717) is 25.6 Å². The molecule has 0 heterocycles. The number of aliphatic hydroxyl groups excluding tert-OH is 1. The Kier molecular flexibility index (Phi) is 45.9. The maximum atomic E-state index is 12.3. The Morgan fingerprint density at radius 1 is 0.569 bits per heavy atom. The van der Waals surface area contributed by atoms with Crippen molar-refractivity contribution in [2.24, 2.45) is 10.8 Å². The molecule has 346 valence electrons. The standard InChI is InChI=1S/C24H43BrO2.C24H44O2.CH3I.I3/c1-21-22(17-18-24(2,3)23(21)26)27-20-16-14-12-10-8-6-4-5-7-9-11-13-15-19-25;1-21-22(24(2,3)19-18-23(21)26)17-15-13-11-9-7-5-4-6-8-10-12-14-16-20-25;1-2;1-3-2/h4-20H2,1-3H3;25H,4-20H2,1-3H3;1H3;/q;;;-1. The van der Waals surface area contributed by atoms with Crippen LogP contribution in [0.5, 0.6) is 0 Å². The normalized spacial score (nSPS) is 16.0. The number of halogens is 5. The molecule has 0 amide bonds. The average molecular weight is 1330 g/mol. The summed E-state index contributed by atoms with van der Waals surface area (Å²) in [6.45, 7) is 13.8. The summed E-state index contributed by atoms with van der Waals surface area (Å²) < 4.78 is 5.92. The van der Waals surface area contributed by atoms with E-state index in [2.05, 4.69) is 89.6 Å². The van der Waals surface area contributed by atoms with Crippen molar-refractivity contribution in [1.82, 2.24) is 0 Å². The predicted molar refractivity (Wildman–Crippen MR) is 281 cm³/mol. The van der Waals surface area contributed by atoms with Gasteiger partial charge in [-0.2, -0.15) is 0 Å². The van der Waals surface area contributed by atoms with Gasteiger partial charge in [-0.1, -0.05) is 213 Å². The molecule has 0 aromatic heterocycles. The second-order valence-electron chi connectivity index (χ2n) is 17.9. The number of carbonyl (C=O) groups is 2. The number of aliphatic hydroxyl groups is 1. The summed E-state index contributed by atoms with van der Waals surface area (Å²) >= 11 is 10.9. The molecule has 0 atom stereocenters. The molecule has 0 saturated heterocycles. The van der Waals surface area contributed by atoms with E-state index in [1.807, 2.05) is 32.6 Å². The predicted octanol–water partition coefficient (Wildman–Crippen LogP) is 15.1. The van der Waals surface area contributed by atoms with Crippen molar-refractivity contribution in [3.63, 3.8) is 0 Å². The molecule has 1 N–H and O–H groups in total. The summed E-state index contributed by atoms with van der Waals surface area (Å²) in [5.74, 6) is 1.60. The van der Waals surface area contributed by atoms with Crippen LogP contribution in [0.25, 0.3) is 0 Å². The molecule has 58 heavy (non-hydrogen) atoms. The van der Waals surface area contributed by atoms with Crippen LogP contribution in [0.4, 0.5) is 0 Å². The number of hydrogen-bond donors (Lipinski definition) is 1. The summed E-state index contributed by atoms with van der Waals surface area (Å²) in [4.78, 5) is 26.2. The monoisotopic (exact) mass is 1330 g/mol. The van der Waals surface area contributed by atoms with Crippen molar-refractivity contribution >= 4 is 87.3 Å². The zero-order chi connectivity index (χ0) is 43.9. The first-order valence-electron chi connectivity index (χ1n) is 23.4. The number of rotatable bonds is 31. The third-order valence-corrected chi connectivity index (χ3v) is 12.7. The van der Waals surface area contributed by atoms with Gasteiger partial charge in [0.1, 0.15) is 5.76 Å². The van der Waals surface area contributed by atoms with E-state index >= 15 is 0 Å². The van der Waals surface area contributed by atoms with Gasteiger partial charge in [0.05, 0.1) is 6.61 Å². The Labute approximate surface area is 412 Å². The zero-order valence-corrected chi connectivity index (χ0v) is 48.8. The summed E-state index contributed by atoms with van der Waals surface area (Å²) in [5.41, 5.74) is 3.39. The first kappa shape index (κ1) is 62.1. The summed E-state index contributed by atoms with van der Waals surface area (Å²) in [7, 11) is 0. The van der Waals surface area contributed by atoms with E-state index in [1.54, 1.807) is 0 Å². The van der Waals surface area contributed by atoms with Gasteiger partial charge in [-0.3, -0.25) is 9.59 Å². The van der Waals surface area contributed by atoms with E-state index in [0.717, 1.165) is 73.8 Å². The van der Waals surface area contributed by atoms with E-state index in [4.69, 9.17) is 9.84 Å². The number of carbonyl (C=O) groups excluding carboxylic acids is 2. The Morgan fingerprint density at radius 3 is 1.34 bits per heavy atom. The molecule has 9 heteroatoms. The molecule has 0 radical (unpaired) electrons. The fraction of sp³-hybridized carbons (Fsp3) is 0.878. The Balaban J connectivity index is 0. The van der Waals surface area contributed by atoms with Gasteiger partial charge in [0.2, 0.25) is 0 Å². The number of allylic oxidation sites excluding steroid dienone is 4. The van der Waals surface area contributed by atoms with Crippen LogP contribution in [0.3, 0.4) is 0 Å². The molecule has 4 nitrogen and oxygen atoms in total. The Hall–Kier alpha value is 1.98. The second-order valence-corrected chi connectivity index (χ2v) is 35.0. The molecule has 0 unspecified atom stereocenters. The fourth-order valence-electron chi connectivity index (χ4n) is 8.20. The summed E-state index contributed by atoms with van der Waals surface area (Å²) in [5, 5.41) is 9.90. The first-order valence-corrected chi connectivity index (χ1v) is 39.3. The molecule has 0 saturated carbocycles. The molecule has 0 aromatic carbocycles. The SMILES string of the molecule is CC1=C(CCCCCCCCCCCCCCCO)C(C)(C)CCC1=O.CC1=C(OCCCCCCCCCCCCCCCBr)CCC(C)(C)C1=O.CI.I[I-]I. The maximum absolute atomic E-state index is 12.3.